The maximum absolute atomic E-state index is 12.9. The number of rotatable bonds is 5. The zero-order valence-corrected chi connectivity index (χ0v) is 15.3. The number of benzene rings is 2. The van der Waals surface area contributed by atoms with Crippen molar-refractivity contribution in [2.24, 2.45) is 10.7 Å². The Labute approximate surface area is 156 Å². The lowest BCUT2D eigenvalue weighted by Gasteiger charge is -2.10. The van der Waals surface area contributed by atoms with Crippen molar-refractivity contribution in [3.05, 3.63) is 48.3 Å². The minimum absolute atomic E-state index is 0.0247. The van der Waals surface area contributed by atoms with E-state index in [1.807, 2.05) is 0 Å². The lowest BCUT2D eigenvalue weighted by atomic mass is 10.3. The van der Waals surface area contributed by atoms with Crippen LogP contribution in [0.3, 0.4) is 0 Å². The molecular weight excluding hydrogens is 373 g/mol. The van der Waals surface area contributed by atoms with Crippen molar-refractivity contribution < 1.29 is 22.3 Å². The van der Waals surface area contributed by atoms with E-state index in [2.05, 4.69) is 10.3 Å². The van der Waals surface area contributed by atoms with Crippen LogP contribution in [0, 0.1) is 5.82 Å². The Morgan fingerprint density at radius 2 is 1.81 bits per heavy atom. The minimum atomic E-state index is -3.56. The molecule has 3 N–H and O–H groups in total. The van der Waals surface area contributed by atoms with E-state index < -0.39 is 15.7 Å². The molecule has 0 aliphatic carbocycles. The molecule has 2 aromatic carbocycles. The quantitative estimate of drug-likeness (QED) is 0.459. The predicted octanol–water partition coefficient (Wildman–Crippen LogP) is 2.19. The lowest BCUT2D eigenvalue weighted by molar-refractivity contribution is 0.297. The summed E-state index contributed by atoms with van der Waals surface area (Å²) < 4.78 is 48.5. The number of aliphatic imine (C=N–C) groups is 1. The number of hydrogen-bond acceptors (Lipinski definition) is 5. The van der Waals surface area contributed by atoms with Gasteiger partial charge in [-0.25, -0.2) is 12.8 Å². The van der Waals surface area contributed by atoms with E-state index in [-0.39, 0.29) is 23.2 Å². The highest BCUT2D eigenvalue weighted by atomic mass is 32.2. The number of nitrogens with one attached hydrogen (secondary N) is 1. The molecule has 1 aliphatic heterocycles. The molecule has 27 heavy (non-hydrogen) atoms. The molecule has 0 saturated carbocycles. The highest BCUT2D eigenvalue weighted by Crippen LogP contribution is 2.32. The van der Waals surface area contributed by atoms with Gasteiger partial charge in [0.25, 0.3) is 0 Å². The van der Waals surface area contributed by atoms with Gasteiger partial charge in [0.1, 0.15) is 5.82 Å². The molecule has 9 heteroatoms. The molecule has 7 nitrogen and oxygen atoms in total. The molecule has 0 aromatic heterocycles. The van der Waals surface area contributed by atoms with E-state index in [1.54, 1.807) is 18.2 Å². The molecule has 144 valence electrons. The maximum Gasteiger partial charge on any atom is 0.193 e. The molecule has 0 unspecified atom stereocenters. The first-order chi connectivity index (χ1) is 12.9. The van der Waals surface area contributed by atoms with Crippen LogP contribution < -0.4 is 20.5 Å². The first-order valence-corrected chi connectivity index (χ1v) is 10.0. The summed E-state index contributed by atoms with van der Waals surface area (Å²) in [7, 11) is -3.56. The molecule has 1 aliphatic rings. The summed E-state index contributed by atoms with van der Waals surface area (Å²) in [5, 5.41) is 2.89. The van der Waals surface area contributed by atoms with Gasteiger partial charge in [0, 0.05) is 18.2 Å². The number of nitrogens with two attached hydrogens (primary N) is 1. The second-order valence-corrected chi connectivity index (χ2v) is 7.99. The Bertz CT molecular complexity index is 930. The molecule has 0 bridgehead atoms. The van der Waals surface area contributed by atoms with Crippen LogP contribution in [0.25, 0.3) is 0 Å². The van der Waals surface area contributed by atoms with Crippen LogP contribution in [0.1, 0.15) is 6.42 Å². The monoisotopic (exact) mass is 393 g/mol. The van der Waals surface area contributed by atoms with E-state index in [0.717, 1.165) is 18.6 Å². The number of guanidine groups is 1. The van der Waals surface area contributed by atoms with E-state index in [4.69, 9.17) is 15.2 Å². The molecule has 0 saturated heterocycles. The zero-order chi connectivity index (χ0) is 19.3. The van der Waals surface area contributed by atoms with Crippen molar-refractivity contribution in [1.82, 2.24) is 0 Å². The fourth-order valence-electron chi connectivity index (χ4n) is 2.47. The first-order valence-electron chi connectivity index (χ1n) is 8.39. The van der Waals surface area contributed by atoms with Gasteiger partial charge >= 0.3 is 0 Å². The summed E-state index contributed by atoms with van der Waals surface area (Å²) in [4.78, 5) is 4.09. The van der Waals surface area contributed by atoms with E-state index in [1.165, 1.54) is 12.1 Å². The van der Waals surface area contributed by atoms with Crippen molar-refractivity contribution in [3.63, 3.8) is 0 Å². The van der Waals surface area contributed by atoms with Crippen LogP contribution in [0.15, 0.2) is 52.4 Å². The summed E-state index contributed by atoms with van der Waals surface area (Å²) in [6, 6.07) is 9.96. The number of fused-ring (bicyclic) bond motifs is 1. The molecule has 1 heterocycles. The summed E-state index contributed by atoms with van der Waals surface area (Å²) in [5.41, 5.74) is 6.48. The second kappa shape index (κ2) is 8.26. The topological polar surface area (TPSA) is 103 Å². The third-order valence-electron chi connectivity index (χ3n) is 3.83. The van der Waals surface area contributed by atoms with Gasteiger partial charge in [-0.3, -0.25) is 4.99 Å². The fraction of sp³-hybridized carbons (Fsp3) is 0.278. The predicted molar refractivity (Wildman–Crippen MR) is 101 cm³/mol. The molecule has 2 aromatic rings. The zero-order valence-electron chi connectivity index (χ0n) is 14.5. The number of nitrogens with zero attached hydrogens (tertiary/aromatic N) is 1. The summed E-state index contributed by atoms with van der Waals surface area (Å²) in [6.07, 6.45) is 0.809. The van der Waals surface area contributed by atoms with Gasteiger partial charge in [-0.1, -0.05) is 0 Å². The standard InChI is InChI=1S/C18H20FN3O4S/c19-13-2-5-15(6-3-13)27(23,24)11-8-21-18(20)22-14-4-7-16-17(12-14)26-10-1-9-25-16/h2-7,12H,1,8-11H2,(H3,20,21,22). The Hall–Kier alpha value is -2.81. The Kier molecular flexibility index (Phi) is 5.80. The van der Waals surface area contributed by atoms with E-state index in [9.17, 15) is 12.8 Å². The Morgan fingerprint density at radius 3 is 2.56 bits per heavy atom. The normalized spacial score (nSPS) is 14.5. The molecular formula is C18H20FN3O4S. The average molecular weight is 393 g/mol. The third-order valence-corrected chi connectivity index (χ3v) is 5.55. The maximum atomic E-state index is 12.9. The van der Waals surface area contributed by atoms with Gasteiger partial charge < -0.3 is 20.5 Å². The fourth-order valence-corrected chi connectivity index (χ4v) is 3.59. The van der Waals surface area contributed by atoms with Crippen LogP contribution in [-0.4, -0.2) is 39.9 Å². The highest BCUT2D eigenvalue weighted by molar-refractivity contribution is 7.91. The summed E-state index contributed by atoms with van der Waals surface area (Å²) >= 11 is 0. The summed E-state index contributed by atoms with van der Waals surface area (Å²) in [5.74, 6) is 0.639. The first kappa shape index (κ1) is 19.0. The van der Waals surface area contributed by atoms with Crippen molar-refractivity contribution in [3.8, 4) is 11.5 Å². The number of ether oxygens (including phenoxy) is 2. The van der Waals surface area contributed by atoms with Gasteiger partial charge in [-0.2, -0.15) is 0 Å². The van der Waals surface area contributed by atoms with Crippen LogP contribution in [0.5, 0.6) is 11.5 Å². The van der Waals surface area contributed by atoms with Crippen LogP contribution >= 0.6 is 0 Å². The largest absolute Gasteiger partial charge is 0.490 e. The number of hydrogen-bond donors (Lipinski definition) is 2. The smallest absolute Gasteiger partial charge is 0.193 e. The molecule has 0 amide bonds. The van der Waals surface area contributed by atoms with Gasteiger partial charge in [-0.15, -0.1) is 0 Å². The number of sulfone groups is 1. The highest BCUT2D eigenvalue weighted by Gasteiger charge is 2.14. The van der Waals surface area contributed by atoms with Crippen LogP contribution in [0.2, 0.25) is 0 Å². The Balaban J connectivity index is 1.59. The average Bonchev–Trinajstić information content (AvgIpc) is 2.87. The lowest BCUT2D eigenvalue weighted by Crippen LogP contribution is -2.24. The van der Waals surface area contributed by atoms with Crippen LogP contribution in [0.4, 0.5) is 10.1 Å². The third kappa shape index (κ3) is 5.10. The summed E-state index contributed by atoms with van der Waals surface area (Å²) in [6.45, 7) is 1.15. The molecule has 0 atom stereocenters. The van der Waals surface area contributed by atoms with E-state index >= 15 is 0 Å². The van der Waals surface area contributed by atoms with Crippen LogP contribution in [-0.2, 0) is 9.84 Å². The van der Waals surface area contributed by atoms with Crippen molar-refractivity contribution in [2.75, 3.05) is 30.8 Å². The second-order valence-electron chi connectivity index (χ2n) is 5.88. The molecule has 0 radical (unpaired) electrons. The Morgan fingerprint density at radius 1 is 1.11 bits per heavy atom. The van der Waals surface area contributed by atoms with Gasteiger partial charge in [0.2, 0.25) is 0 Å². The molecule has 3 rings (SSSR count). The SMILES string of the molecule is NC(=NCCS(=O)(=O)c1ccc(F)cc1)Nc1ccc2c(c1)OCCCO2. The molecule has 0 spiro atoms. The molecule has 0 fully saturated rings. The van der Waals surface area contributed by atoms with Gasteiger partial charge in [0.05, 0.1) is 30.4 Å². The van der Waals surface area contributed by atoms with E-state index in [0.29, 0.717) is 30.4 Å². The number of anilines is 1. The van der Waals surface area contributed by atoms with Crippen molar-refractivity contribution in [2.45, 2.75) is 11.3 Å². The number of halogens is 1. The van der Waals surface area contributed by atoms with Gasteiger partial charge in [0.15, 0.2) is 27.3 Å². The van der Waals surface area contributed by atoms with Crippen molar-refractivity contribution >= 4 is 21.5 Å². The minimum Gasteiger partial charge on any atom is -0.490 e. The van der Waals surface area contributed by atoms with Gasteiger partial charge in [-0.05, 0) is 36.4 Å². The van der Waals surface area contributed by atoms with Crippen molar-refractivity contribution in [1.29, 1.82) is 0 Å².